The molecule has 3 aromatic rings. The fraction of sp³-hybridized carbons (Fsp3) is 0.421. The number of para-hydroxylation sites is 2. The summed E-state index contributed by atoms with van der Waals surface area (Å²) in [5.41, 5.74) is 3.41. The third-order valence-corrected chi connectivity index (χ3v) is 4.11. The highest BCUT2D eigenvalue weighted by atomic mass is 16.3. The molecule has 0 atom stereocenters. The van der Waals surface area contributed by atoms with Gasteiger partial charge in [0.25, 0.3) is 0 Å². The Morgan fingerprint density at radius 1 is 1.09 bits per heavy atom. The van der Waals surface area contributed by atoms with Crippen molar-refractivity contribution >= 4 is 17.0 Å². The second-order valence-corrected chi connectivity index (χ2v) is 5.96. The van der Waals surface area contributed by atoms with Gasteiger partial charge in [0.05, 0.1) is 30.1 Å². The van der Waals surface area contributed by atoms with Gasteiger partial charge < -0.3 is 13.9 Å². The molecule has 1 aromatic carbocycles. The van der Waals surface area contributed by atoms with Crippen molar-refractivity contribution in [3.63, 3.8) is 0 Å². The molecule has 0 saturated heterocycles. The number of rotatable bonds is 8. The Balaban J connectivity index is 2.02. The molecule has 3 rings (SSSR count). The van der Waals surface area contributed by atoms with Crippen LogP contribution in [0.15, 0.2) is 47.3 Å². The first-order valence-corrected chi connectivity index (χ1v) is 8.54. The first-order valence-electron chi connectivity index (χ1n) is 8.54. The van der Waals surface area contributed by atoms with Gasteiger partial charge in [0.15, 0.2) is 0 Å². The van der Waals surface area contributed by atoms with E-state index in [0.29, 0.717) is 0 Å². The SMILES string of the molecule is CCCCN(CCC)c1nc2ccccc2n1Cc1ccoc1. The molecule has 2 heterocycles. The van der Waals surface area contributed by atoms with Gasteiger partial charge in [-0.2, -0.15) is 0 Å². The van der Waals surface area contributed by atoms with Crippen molar-refractivity contribution < 1.29 is 4.42 Å². The van der Waals surface area contributed by atoms with Crippen molar-refractivity contribution in [3.8, 4) is 0 Å². The van der Waals surface area contributed by atoms with E-state index < -0.39 is 0 Å². The maximum absolute atomic E-state index is 5.24. The van der Waals surface area contributed by atoms with Crippen LogP contribution >= 0.6 is 0 Å². The van der Waals surface area contributed by atoms with Crippen LogP contribution in [0.25, 0.3) is 11.0 Å². The number of fused-ring (bicyclic) bond motifs is 1. The molecule has 0 bridgehead atoms. The fourth-order valence-corrected chi connectivity index (χ4v) is 2.96. The molecule has 0 fully saturated rings. The van der Waals surface area contributed by atoms with Gasteiger partial charge in [0, 0.05) is 18.7 Å². The maximum Gasteiger partial charge on any atom is 0.206 e. The number of imidazole rings is 1. The van der Waals surface area contributed by atoms with Crippen molar-refractivity contribution in [2.45, 2.75) is 39.7 Å². The van der Waals surface area contributed by atoms with Crippen LogP contribution in [0.2, 0.25) is 0 Å². The van der Waals surface area contributed by atoms with Crippen molar-refractivity contribution in [3.05, 3.63) is 48.4 Å². The third-order valence-electron chi connectivity index (χ3n) is 4.11. The van der Waals surface area contributed by atoms with Crippen molar-refractivity contribution in [2.75, 3.05) is 18.0 Å². The number of aromatic nitrogens is 2. The van der Waals surface area contributed by atoms with Gasteiger partial charge in [-0.1, -0.05) is 32.4 Å². The monoisotopic (exact) mass is 311 g/mol. The minimum Gasteiger partial charge on any atom is -0.472 e. The van der Waals surface area contributed by atoms with Gasteiger partial charge in [-0.3, -0.25) is 0 Å². The van der Waals surface area contributed by atoms with Crippen LogP contribution in [0, 0.1) is 0 Å². The third kappa shape index (κ3) is 3.41. The lowest BCUT2D eigenvalue weighted by Crippen LogP contribution is -2.28. The summed E-state index contributed by atoms with van der Waals surface area (Å²) in [5.74, 6) is 1.07. The van der Waals surface area contributed by atoms with Crippen molar-refractivity contribution in [1.29, 1.82) is 0 Å². The fourth-order valence-electron chi connectivity index (χ4n) is 2.96. The van der Waals surface area contributed by atoms with Gasteiger partial charge in [-0.05, 0) is 31.0 Å². The zero-order valence-electron chi connectivity index (χ0n) is 14.0. The predicted molar refractivity (Wildman–Crippen MR) is 95.0 cm³/mol. The highest BCUT2D eigenvalue weighted by molar-refractivity contribution is 5.79. The Hall–Kier alpha value is -2.23. The summed E-state index contributed by atoms with van der Waals surface area (Å²) in [6.07, 6.45) is 7.06. The second kappa shape index (κ2) is 7.36. The molecule has 122 valence electrons. The zero-order chi connectivity index (χ0) is 16.1. The molecule has 0 unspecified atom stereocenters. The van der Waals surface area contributed by atoms with E-state index in [1.807, 2.05) is 12.3 Å². The molecule has 0 radical (unpaired) electrons. The minimum atomic E-state index is 0.790. The summed E-state index contributed by atoms with van der Waals surface area (Å²) in [6, 6.07) is 10.4. The average molecular weight is 311 g/mol. The largest absolute Gasteiger partial charge is 0.472 e. The number of anilines is 1. The van der Waals surface area contributed by atoms with E-state index in [1.165, 1.54) is 23.9 Å². The van der Waals surface area contributed by atoms with Crippen molar-refractivity contribution in [2.24, 2.45) is 0 Å². The van der Waals surface area contributed by atoms with E-state index in [0.717, 1.165) is 37.5 Å². The van der Waals surface area contributed by atoms with E-state index >= 15 is 0 Å². The predicted octanol–water partition coefficient (Wildman–Crippen LogP) is 4.69. The molecule has 2 aromatic heterocycles. The van der Waals surface area contributed by atoms with Crippen LogP contribution in [-0.2, 0) is 6.54 Å². The summed E-state index contributed by atoms with van der Waals surface area (Å²) < 4.78 is 7.55. The first kappa shape index (κ1) is 15.7. The Labute approximate surface area is 137 Å². The number of hydrogen-bond acceptors (Lipinski definition) is 3. The summed E-state index contributed by atoms with van der Waals surface area (Å²) in [5, 5.41) is 0. The van der Waals surface area contributed by atoms with Crippen LogP contribution < -0.4 is 4.90 Å². The molecule has 0 saturated carbocycles. The number of furan rings is 1. The lowest BCUT2D eigenvalue weighted by molar-refractivity contribution is 0.562. The molecule has 0 spiro atoms. The van der Waals surface area contributed by atoms with Gasteiger partial charge in [0.1, 0.15) is 0 Å². The summed E-state index contributed by atoms with van der Waals surface area (Å²) in [6.45, 7) is 7.34. The summed E-state index contributed by atoms with van der Waals surface area (Å²) in [7, 11) is 0. The number of benzene rings is 1. The van der Waals surface area contributed by atoms with Gasteiger partial charge in [-0.15, -0.1) is 0 Å². The van der Waals surface area contributed by atoms with Gasteiger partial charge >= 0.3 is 0 Å². The smallest absolute Gasteiger partial charge is 0.206 e. The van der Waals surface area contributed by atoms with Gasteiger partial charge in [-0.25, -0.2) is 4.98 Å². The highest BCUT2D eigenvalue weighted by Crippen LogP contribution is 2.24. The molecule has 23 heavy (non-hydrogen) atoms. The van der Waals surface area contributed by atoms with E-state index in [2.05, 4.69) is 47.6 Å². The minimum absolute atomic E-state index is 0.790. The van der Waals surface area contributed by atoms with E-state index in [1.54, 1.807) is 6.26 Å². The lowest BCUT2D eigenvalue weighted by atomic mass is 10.3. The number of nitrogens with zero attached hydrogens (tertiary/aromatic N) is 3. The van der Waals surface area contributed by atoms with Crippen LogP contribution in [0.4, 0.5) is 5.95 Å². The second-order valence-electron chi connectivity index (χ2n) is 5.96. The quantitative estimate of drug-likeness (QED) is 0.605. The van der Waals surface area contributed by atoms with E-state index in [-0.39, 0.29) is 0 Å². The zero-order valence-corrected chi connectivity index (χ0v) is 14.0. The normalized spacial score (nSPS) is 11.2. The molecule has 0 aliphatic heterocycles. The van der Waals surface area contributed by atoms with Crippen LogP contribution in [0.5, 0.6) is 0 Å². The topological polar surface area (TPSA) is 34.2 Å². The molecular weight excluding hydrogens is 286 g/mol. The summed E-state index contributed by atoms with van der Waals surface area (Å²) >= 11 is 0. The standard InChI is InChI=1S/C19H25N3O/c1-3-5-12-21(11-4-2)19-20-17-8-6-7-9-18(17)22(19)14-16-10-13-23-15-16/h6-10,13,15H,3-5,11-12,14H2,1-2H3. The maximum atomic E-state index is 5.24. The van der Waals surface area contributed by atoms with Crippen LogP contribution in [0.3, 0.4) is 0 Å². The Morgan fingerprint density at radius 2 is 1.96 bits per heavy atom. The molecule has 0 aliphatic carbocycles. The molecule has 0 N–H and O–H groups in total. The Morgan fingerprint density at radius 3 is 2.70 bits per heavy atom. The Bertz CT molecular complexity index is 730. The average Bonchev–Trinajstić information content (AvgIpc) is 3.20. The van der Waals surface area contributed by atoms with E-state index in [4.69, 9.17) is 9.40 Å². The Kier molecular flexibility index (Phi) is 5.01. The van der Waals surface area contributed by atoms with Crippen LogP contribution in [-0.4, -0.2) is 22.6 Å². The van der Waals surface area contributed by atoms with Gasteiger partial charge in [0.2, 0.25) is 5.95 Å². The molecule has 4 heteroatoms. The van der Waals surface area contributed by atoms with E-state index in [9.17, 15) is 0 Å². The molecule has 0 amide bonds. The number of unbranched alkanes of at least 4 members (excludes halogenated alkanes) is 1. The van der Waals surface area contributed by atoms with Crippen LogP contribution in [0.1, 0.15) is 38.7 Å². The lowest BCUT2D eigenvalue weighted by Gasteiger charge is -2.24. The number of hydrogen-bond donors (Lipinski definition) is 0. The van der Waals surface area contributed by atoms with Crippen molar-refractivity contribution in [1.82, 2.24) is 9.55 Å². The molecular formula is C19H25N3O. The molecule has 4 nitrogen and oxygen atoms in total. The summed E-state index contributed by atoms with van der Waals surface area (Å²) in [4.78, 5) is 7.34. The molecule has 0 aliphatic rings. The highest BCUT2D eigenvalue weighted by Gasteiger charge is 2.16. The first-order chi connectivity index (χ1) is 11.3.